The van der Waals surface area contributed by atoms with Crippen molar-refractivity contribution in [2.75, 3.05) is 7.11 Å². The fraction of sp³-hybridized carbons (Fsp3) is 0.280. The first-order valence-corrected chi connectivity index (χ1v) is 10.5. The highest BCUT2D eigenvalue weighted by Crippen LogP contribution is 2.69. The van der Waals surface area contributed by atoms with E-state index in [-0.39, 0.29) is 22.6 Å². The smallest absolute Gasteiger partial charge is 0.416 e. The summed E-state index contributed by atoms with van der Waals surface area (Å²) in [6.07, 6.45) is -3.01. The lowest BCUT2D eigenvalue weighted by Gasteiger charge is -2.40. The maximum absolute atomic E-state index is 13.3. The molecular weight excluding hydrogens is 451 g/mol. The number of rotatable bonds is 4. The van der Waals surface area contributed by atoms with Crippen LogP contribution >= 0.6 is 0 Å². The van der Waals surface area contributed by atoms with E-state index < -0.39 is 40.9 Å². The van der Waals surface area contributed by atoms with E-state index in [2.05, 4.69) is 4.98 Å². The minimum atomic E-state index is -4.57. The predicted octanol–water partition coefficient (Wildman–Crippen LogP) is 3.56. The number of aliphatic hydroxyl groups is 2. The highest BCUT2D eigenvalue weighted by atomic mass is 19.4. The van der Waals surface area contributed by atoms with Gasteiger partial charge in [-0.25, -0.2) is 0 Å². The van der Waals surface area contributed by atoms with Crippen molar-refractivity contribution in [3.63, 3.8) is 0 Å². The second kappa shape index (κ2) is 7.54. The van der Waals surface area contributed by atoms with Crippen LogP contribution in [0.5, 0.6) is 11.5 Å². The van der Waals surface area contributed by atoms with Gasteiger partial charge in [0.05, 0.1) is 36.5 Å². The molecule has 6 nitrogen and oxygen atoms in total. The van der Waals surface area contributed by atoms with Crippen LogP contribution in [0.2, 0.25) is 0 Å². The number of hydrogen-bond acceptors (Lipinski definition) is 6. The molecule has 1 fully saturated rings. The molecular formula is C25H20F3NO5. The number of halogens is 3. The van der Waals surface area contributed by atoms with Crippen molar-refractivity contribution in [3.8, 4) is 11.5 Å². The molecule has 1 aliphatic heterocycles. The Bertz CT molecular complexity index is 1230. The Kier molecular flexibility index (Phi) is 4.96. The first kappa shape index (κ1) is 22.4. The molecule has 5 atom stereocenters. The maximum Gasteiger partial charge on any atom is 0.416 e. The molecule has 3 aromatic rings. The molecule has 176 valence electrons. The fourth-order valence-electron chi connectivity index (χ4n) is 5.50. The van der Waals surface area contributed by atoms with Crippen molar-refractivity contribution in [2.24, 2.45) is 5.92 Å². The zero-order valence-corrected chi connectivity index (χ0v) is 17.9. The van der Waals surface area contributed by atoms with Gasteiger partial charge in [-0.1, -0.05) is 42.5 Å². The van der Waals surface area contributed by atoms with Crippen LogP contribution in [0, 0.1) is 5.92 Å². The first-order valence-electron chi connectivity index (χ1n) is 10.5. The van der Waals surface area contributed by atoms with Crippen molar-refractivity contribution < 1.29 is 37.7 Å². The minimum absolute atomic E-state index is 0.0858. The number of alkyl halides is 3. The molecule has 0 amide bonds. The number of hydrogen-bond donors (Lipinski definition) is 2. The number of fused-ring (bicyclic) bond motifs is 3. The second-order valence-electron chi connectivity index (χ2n) is 8.44. The van der Waals surface area contributed by atoms with Gasteiger partial charge in [0.25, 0.3) is 0 Å². The van der Waals surface area contributed by atoms with Gasteiger partial charge in [0.2, 0.25) is 0 Å². The van der Waals surface area contributed by atoms with E-state index in [0.717, 1.165) is 12.1 Å². The minimum Gasteiger partial charge on any atom is -0.495 e. The van der Waals surface area contributed by atoms with Crippen LogP contribution < -0.4 is 9.47 Å². The van der Waals surface area contributed by atoms with Crippen molar-refractivity contribution in [3.05, 3.63) is 89.2 Å². The van der Waals surface area contributed by atoms with E-state index in [0.29, 0.717) is 11.8 Å². The van der Waals surface area contributed by atoms with Crippen molar-refractivity contribution in [2.45, 2.75) is 29.4 Å². The Hall–Kier alpha value is -3.43. The fourth-order valence-corrected chi connectivity index (χ4v) is 5.50. The molecule has 1 aliphatic carbocycles. The van der Waals surface area contributed by atoms with E-state index in [4.69, 9.17) is 9.47 Å². The van der Waals surface area contributed by atoms with Gasteiger partial charge in [-0.15, -0.1) is 0 Å². The van der Waals surface area contributed by atoms with Gasteiger partial charge in [-0.3, -0.25) is 4.98 Å². The van der Waals surface area contributed by atoms with Gasteiger partial charge in [0, 0.05) is 5.92 Å². The van der Waals surface area contributed by atoms with Gasteiger partial charge in [0.1, 0.15) is 23.9 Å². The molecule has 1 saturated carbocycles. The lowest BCUT2D eigenvalue weighted by atomic mass is 9.70. The Balaban J connectivity index is 1.84. The topological polar surface area (TPSA) is 88.9 Å². The molecule has 2 N–H and O–H groups in total. The van der Waals surface area contributed by atoms with Crippen LogP contribution in [0.3, 0.4) is 0 Å². The summed E-state index contributed by atoms with van der Waals surface area (Å²) in [5, 5.41) is 23.7. The number of benzene rings is 2. The summed E-state index contributed by atoms with van der Waals surface area (Å²) >= 11 is 0. The van der Waals surface area contributed by atoms with Crippen LogP contribution in [0.4, 0.5) is 13.2 Å². The summed E-state index contributed by atoms with van der Waals surface area (Å²) < 4.78 is 51.6. The van der Waals surface area contributed by atoms with Gasteiger partial charge in [-0.05, 0) is 23.3 Å². The zero-order valence-electron chi connectivity index (χ0n) is 17.9. The normalized spacial score (nSPS) is 29.8. The number of ether oxygens (including phenoxy) is 2. The summed E-state index contributed by atoms with van der Waals surface area (Å²) in [5.74, 6) is -1.86. The number of methoxy groups -OCH3 is 1. The summed E-state index contributed by atoms with van der Waals surface area (Å²) in [7, 11) is 1.35. The highest BCUT2D eigenvalue weighted by Gasteiger charge is 2.77. The molecule has 0 bridgehead atoms. The largest absolute Gasteiger partial charge is 0.495 e. The Morgan fingerprint density at radius 3 is 2.35 bits per heavy atom. The molecule has 0 spiro atoms. The number of aromatic nitrogens is 1. The van der Waals surface area contributed by atoms with E-state index in [1.165, 1.54) is 31.6 Å². The SMILES string of the molecule is COc1cncc2c1[C@]1(O)[C@H](O)[C@H](C=O)[C@@H](c3ccccc3)[C@]1(c1ccc(C(F)(F)F)cc1)O2. The number of pyridine rings is 1. The Labute approximate surface area is 192 Å². The average Bonchev–Trinajstić information content (AvgIpc) is 3.22. The molecule has 2 aliphatic rings. The van der Waals surface area contributed by atoms with Crippen LogP contribution in [0.25, 0.3) is 0 Å². The Morgan fingerprint density at radius 2 is 1.76 bits per heavy atom. The molecule has 5 rings (SSSR count). The van der Waals surface area contributed by atoms with E-state index in [1.807, 2.05) is 0 Å². The Morgan fingerprint density at radius 1 is 1.09 bits per heavy atom. The third-order valence-electron chi connectivity index (χ3n) is 6.89. The highest BCUT2D eigenvalue weighted by molar-refractivity contribution is 5.67. The van der Waals surface area contributed by atoms with Gasteiger partial charge >= 0.3 is 6.18 Å². The third kappa shape index (κ3) is 2.77. The summed E-state index contributed by atoms with van der Waals surface area (Å²) in [6.45, 7) is 0. The summed E-state index contributed by atoms with van der Waals surface area (Å²) in [4.78, 5) is 16.3. The van der Waals surface area contributed by atoms with Crippen molar-refractivity contribution in [1.29, 1.82) is 0 Å². The summed E-state index contributed by atoms with van der Waals surface area (Å²) in [6, 6.07) is 12.8. The van der Waals surface area contributed by atoms with Gasteiger partial charge < -0.3 is 24.5 Å². The molecule has 0 radical (unpaired) electrons. The molecule has 0 unspecified atom stereocenters. The molecule has 34 heavy (non-hydrogen) atoms. The summed E-state index contributed by atoms with van der Waals surface area (Å²) in [5.41, 5.74) is -4.15. The van der Waals surface area contributed by atoms with E-state index in [9.17, 15) is 28.2 Å². The second-order valence-corrected chi connectivity index (χ2v) is 8.44. The molecule has 9 heteroatoms. The maximum atomic E-state index is 13.3. The zero-order chi connectivity index (χ0) is 24.3. The predicted molar refractivity (Wildman–Crippen MR) is 113 cm³/mol. The van der Waals surface area contributed by atoms with Gasteiger partial charge in [0.15, 0.2) is 11.2 Å². The standard InChI is InChI=1S/C25H20F3NO5/c1-33-18-11-29-12-19-21(18)23(32)22(31)17(13-30)20(14-5-3-2-4-6-14)24(23,34-19)15-7-9-16(10-8-15)25(26,27)28/h2-13,17,20,22,31-32H,1H3/t17-,20-,22-,23+,24+/m1/s1. The molecule has 2 aromatic carbocycles. The van der Waals surface area contributed by atoms with E-state index >= 15 is 0 Å². The number of carbonyl (C=O) groups is 1. The first-order chi connectivity index (χ1) is 16.2. The van der Waals surface area contributed by atoms with Crippen LogP contribution in [-0.4, -0.2) is 34.7 Å². The number of nitrogens with zero attached hydrogens (tertiary/aromatic N) is 1. The monoisotopic (exact) mass is 471 g/mol. The number of carbonyl (C=O) groups excluding carboxylic acids is 1. The average molecular weight is 471 g/mol. The van der Waals surface area contributed by atoms with Gasteiger partial charge in [-0.2, -0.15) is 13.2 Å². The third-order valence-corrected chi connectivity index (χ3v) is 6.89. The lowest BCUT2D eigenvalue weighted by Crippen LogP contribution is -2.52. The molecule has 2 heterocycles. The molecule has 0 saturated heterocycles. The van der Waals surface area contributed by atoms with Crippen molar-refractivity contribution in [1.82, 2.24) is 4.98 Å². The number of aliphatic hydroxyl groups excluding tert-OH is 1. The quantitative estimate of drug-likeness (QED) is 0.566. The lowest BCUT2D eigenvalue weighted by molar-refractivity contribution is -0.153. The number of aldehydes is 1. The van der Waals surface area contributed by atoms with Crippen LogP contribution in [-0.2, 0) is 22.2 Å². The van der Waals surface area contributed by atoms with Crippen LogP contribution in [0.15, 0.2) is 67.0 Å². The van der Waals surface area contributed by atoms with E-state index in [1.54, 1.807) is 30.3 Å². The van der Waals surface area contributed by atoms with Crippen LogP contribution in [0.1, 0.15) is 28.2 Å². The molecule has 1 aromatic heterocycles. The van der Waals surface area contributed by atoms with Crippen molar-refractivity contribution >= 4 is 6.29 Å².